The number of benzene rings is 2. The molecule has 0 spiro atoms. The Hall–Kier alpha value is -3.84. The van der Waals surface area contributed by atoms with Gasteiger partial charge in [0.05, 0.1) is 24.8 Å². The van der Waals surface area contributed by atoms with Gasteiger partial charge in [-0.25, -0.2) is 0 Å². The molecule has 2 aromatic heterocycles. The van der Waals surface area contributed by atoms with Crippen molar-refractivity contribution in [1.82, 2.24) is 14.4 Å². The van der Waals surface area contributed by atoms with Crippen LogP contribution in [0.1, 0.15) is 20.9 Å². The Kier molecular flexibility index (Phi) is 6.91. The van der Waals surface area contributed by atoms with Gasteiger partial charge in [-0.3, -0.25) is 9.59 Å². The van der Waals surface area contributed by atoms with Crippen LogP contribution in [0.3, 0.4) is 0 Å². The molecule has 0 N–H and O–H groups in total. The fourth-order valence-corrected chi connectivity index (χ4v) is 5.43. The van der Waals surface area contributed by atoms with Gasteiger partial charge in [0.15, 0.2) is 0 Å². The summed E-state index contributed by atoms with van der Waals surface area (Å²) in [5.74, 6) is 0.878. The highest BCUT2D eigenvalue weighted by molar-refractivity contribution is 7.10. The van der Waals surface area contributed by atoms with E-state index < -0.39 is 0 Å². The maximum atomic E-state index is 13.7. The molecule has 5 rings (SSSR count). The normalized spacial score (nSPS) is 13.6. The van der Waals surface area contributed by atoms with Gasteiger partial charge in [-0.15, -0.1) is 11.3 Å². The van der Waals surface area contributed by atoms with Gasteiger partial charge in [-0.2, -0.15) is 0 Å². The van der Waals surface area contributed by atoms with E-state index in [1.54, 1.807) is 18.4 Å². The molecule has 0 radical (unpaired) electrons. The van der Waals surface area contributed by atoms with Crippen molar-refractivity contribution in [1.29, 1.82) is 0 Å². The van der Waals surface area contributed by atoms with Crippen molar-refractivity contribution < 1.29 is 14.3 Å². The molecule has 1 aliphatic rings. The zero-order valence-corrected chi connectivity index (χ0v) is 21.3. The number of rotatable bonds is 6. The molecule has 0 unspecified atom stereocenters. The van der Waals surface area contributed by atoms with E-state index in [9.17, 15) is 9.59 Å². The minimum atomic E-state index is -0.00307. The first-order valence-electron chi connectivity index (χ1n) is 12.1. The number of hydrogen-bond donors (Lipinski definition) is 0. The minimum absolute atomic E-state index is 0.00307. The van der Waals surface area contributed by atoms with Crippen LogP contribution >= 0.6 is 11.3 Å². The second kappa shape index (κ2) is 10.4. The maximum absolute atomic E-state index is 13.7. The van der Waals surface area contributed by atoms with Crippen molar-refractivity contribution in [3.05, 3.63) is 94.3 Å². The van der Waals surface area contributed by atoms with Crippen LogP contribution in [0, 0.1) is 6.92 Å². The van der Waals surface area contributed by atoms with Crippen molar-refractivity contribution in [2.75, 3.05) is 33.3 Å². The number of piperazine rings is 1. The van der Waals surface area contributed by atoms with Crippen LogP contribution in [0.25, 0.3) is 16.9 Å². The van der Waals surface area contributed by atoms with Crippen LogP contribution in [0.2, 0.25) is 0 Å². The first-order valence-corrected chi connectivity index (χ1v) is 12.9. The standard InChI is InChI=1S/C29H29N3O3S/c1-21-26(29(34)31-15-13-30(14-16-31)28(33)19-25-12-7-17-36-25)20-27(22-8-4-3-5-9-22)32(21)23-10-6-11-24(18-23)35-2/h3-12,17-18,20H,13-16,19H2,1-2H3. The molecule has 36 heavy (non-hydrogen) atoms. The summed E-state index contributed by atoms with van der Waals surface area (Å²) in [4.78, 5) is 31.2. The zero-order chi connectivity index (χ0) is 25.1. The maximum Gasteiger partial charge on any atom is 0.255 e. The van der Waals surface area contributed by atoms with E-state index in [-0.39, 0.29) is 11.8 Å². The number of ether oxygens (including phenoxy) is 1. The molecular formula is C29H29N3O3S. The van der Waals surface area contributed by atoms with Crippen LogP contribution in [0.4, 0.5) is 0 Å². The molecule has 0 aliphatic carbocycles. The summed E-state index contributed by atoms with van der Waals surface area (Å²) < 4.78 is 7.57. The Labute approximate surface area is 215 Å². The zero-order valence-electron chi connectivity index (χ0n) is 20.5. The first kappa shape index (κ1) is 23.9. The number of carbonyl (C=O) groups is 2. The number of nitrogens with zero attached hydrogens (tertiary/aromatic N) is 3. The van der Waals surface area contributed by atoms with Crippen LogP contribution in [-0.4, -0.2) is 59.5 Å². The van der Waals surface area contributed by atoms with E-state index in [1.165, 1.54) is 0 Å². The molecule has 1 fully saturated rings. The van der Waals surface area contributed by atoms with Crippen molar-refractivity contribution >= 4 is 23.2 Å². The summed E-state index contributed by atoms with van der Waals surface area (Å²) in [6.45, 7) is 4.15. The van der Waals surface area contributed by atoms with Crippen molar-refractivity contribution in [3.63, 3.8) is 0 Å². The topological polar surface area (TPSA) is 54.8 Å². The number of aromatic nitrogens is 1. The molecule has 3 heterocycles. The number of methoxy groups -OCH3 is 1. The van der Waals surface area contributed by atoms with E-state index in [0.29, 0.717) is 38.2 Å². The highest BCUT2D eigenvalue weighted by Gasteiger charge is 2.28. The monoisotopic (exact) mass is 499 g/mol. The average Bonchev–Trinajstić information content (AvgIpc) is 3.56. The van der Waals surface area contributed by atoms with Crippen molar-refractivity contribution in [2.45, 2.75) is 13.3 Å². The Morgan fingerprint density at radius 1 is 0.889 bits per heavy atom. The second-order valence-electron chi connectivity index (χ2n) is 8.86. The number of amides is 2. The number of thiophene rings is 1. The van der Waals surface area contributed by atoms with Crippen molar-refractivity contribution in [3.8, 4) is 22.7 Å². The van der Waals surface area contributed by atoms with E-state index >= 15 is 0 Å². The molecule has 2 aromatic carbocycles. The molecule has 184 valence electrons. The van der Waals surface area contributed by atoms with E-state index in [1.807, 2.05) is 82.8 Å². The van der Waals surface area contributed by atoms with E-state index in [4.69, 9.17) is 4.74 Å². The van der Waals surface area contributed by atoms with Gasteiger partial charge in [-0.05, 0) is 42.1 Å². The lowest BCUT2D eigenvalue weighted by Crippen LogP contribution is -2.51. The lowest BCUT2D eigenvalue weighted by molar-refractivity contribution is -0.131. The Balaban J connectivity index is 1.40. The van der Waals surface area contributed by atoms with Gasteiger partial charge < -0.3 is 19.1 Å². The molecule has 4 aromatic rings. The van der Waals surface area contributed by atoms with Gasteiger partial charge in [-0.1, -0.05) is 42.5 Å². The van der Waals surface area contributed by atoms with Gasteiger partial charge in [0.25, 0.3) is 5.91 Å². The summed E-state index contributed by atoms with van der Waals surface area (Å²) in [5.41, 5.74) is 4.48. The molecular weight excluding hydrogens is 470 g/mol. The molecule has 7 heteroatoms. The molecule has 2 amide bonds. The number of carbonyl (C=O) groups excluding carboxylic acids is 2. The van der Waals surface area contributed by atoms with Crippen LogP contribution in [0.5, 0.6) is 5.75 Å². The Morgan fingerprint density at radius 3 is 2.33 bits per heavy atom. The molecule has 0 saturated carbocycles. The quantitative estimate of drug-likeness (QED) is 0.373. The lowest BCUT2D eigenvalue weighted by atomic mass is 10.1. The highest BCUT2D eigenvalue weighted by atomic mass is 32.1. The third-order valence-electron chi connectivity index (χ3n) is 6.68. The Morgan fingerprint density at radius 2 is 1.64 bits per heavy atom. The summed E-state index contributed by atoms with van der Waals surface area (Å²) in [5, 5.41) is 1.99. The Bertz CT molecular complexity index is 1350. The lowest BCUT2D eigenvalue weighted by Gasteiger charge is -2.34. The third-order valence-corrected chi connectivity index (χ3v) is 7.56. The van der Waals surface area contributed by atoms with Crippen LogP contribution < -0.4 is 4.74 Å². The van der Waals surface area contributed by atoms with E-state index in [0.717, 1.165) is 33.3 Å². The summed E-state index contributed by atoms with van der Waals surface area (Å²) >= 11 is 1.60. The first-order chi connectivity index (χ1) is 17.5. The number of hydrogen-bond acceptors (Lipinski definition) is 4. The SMILES string of the molecule is COc1cccc(-n2c(-c3ccccc3)cc(C(=O)N3CCN(C(=O)Cc4cccs4)CC3)c2C)c1. The highest BCUT2D eigenvalue weighted by Crippen LogP contribution is 2.31. The van der Waals surface area contributed by atoms with Gasteiger partial charge in [0, 0.05) is 48.5 Å². The predicted molar refractivity (Wildman–Crippen MR) is 143 cm³/mol. The molecule has 1 saturated heterocycles. The predicted octanol–water partition coefficient (Wildman–Crippen LogP) is 5.05. The molecule has 6 nitrogen and oxygen atoms in total. The fourth-order valence-electron chi connectivity index (χ4n) is 4.73. The third kappa shape index (κ3) is 4.79. The molecule has 0 atom stereocenters. The van der Waals surface area contributed by atoms with E-state index in [2.05, 4.69) is 16.7 Å². The fraction of sp³-hybridized carbons (Fsp3) is 0.241. The molecule has 1 aliphatic heterocycles. The van der Waals surface area contributed by atoms with Gasteiger partial charge in [0.1, 0.15) is 5.75 Å². The summed E-state index contributed by atoms with van der Waals surface area (Å²) in [6, 6.07) is 23.9. The second-order valence-corrected chi connectivity index (χ2v) is 9.89. The van der Waals surface area contributed by atoms with Gasteiger partial charge >= 0.3 is 0 Å². The minimum Gasteiger partial charge on any atom is -0.497 e. The largest absolute Gasteiger partial charge is 0.497 e. The van der Waals surface area contributed by atoms with Crippen molar-refractivity contribution in [2.24, 2.45) is 0 Å². The average molecular weight is 500 g/mol. The van der Waals surface area contributed by atoms with Crippen LogP contribution in [-0.2, 0) is 11.2 Å². The van der Waals surface area contributed by atoms with Gasteiger partial charge in [0.2, 0.25) is 5.91 Å². The summed E-state index contributed by atoms with van der Waals surface area (Å²) in [6.07, 6.45) is 0.425. The van der Waals surface area contributed by atoms with Crippen LogP contribution in [0.15, 0.2) is 78.2 Å². The smallest absolute Gasteiger partial charge is 0.255 e. The summed E-state index contributed by atoms with van der Waals surface area (Å²) in [7, 11) is 1.65. The molecule has 0 bridgehead atoms.